The molecule has 0 saturated carbocycles. The normalized spacial score (nSPS) is 11.3. The number of aryl methyl sites for hydroxylation is 1. The minimum atomic E-state index is -0.462. The fourth-order valence-corrected chi connectivity index (χ4v) is 1.23. The number of alkyl carbamates (subject to hydrolysis) is 1. The monoisotopic (exact) mass is 255 g/mol. The molecule has 0 saturated heterocycles. The first kappa shape index (κ1) is 14.4. The van der Waals surface area contributed by atoms with Gasteiger partial charge in [0.1, 0.15) is 17.8 Å². The Morgan fingerprint density at radius 3 is 2.72 bits per heavy atom. The van der Waals surface area contributed by atoms with Gasteiger partial charge in [-0.05, 0) is 20.8 Å². The fraction of sp³-hybridized carbons (Fsp3) is 0.727. The number of nitrogens with zero attached hydrogens (tertiary/aromatic N) is 3. The first-order valence-corrected chi connectivity index (χ1v) is 5.89. The molecule has 0 aliphatic carbocycles. The largest absolute Gasteiger partial charge is 0.444 e. The molecule has 7 nitrogen and oxygen atoms in total. The van der Waals surface area contributed by atoms with Gasteiger partial charge in [0, 0.05) is 20.1 Å². The van der Waals surface area contributed by atoms with Crippen molar-refractivity contribution in [3.8, 4) is 0 Å². The van der Waals surface area contributed by atoms with Gasteiger partial charge in [0.2, 0.25) is 0 Å². The van der Waals surface area contributed by atoms with Crippen molar-refractivity contribution >= 4 is 6.09 Å². The van der Waals surface area contributed by atoms with Gasteiger partial charge in [-0.25, -0.2) is 4.79 Å². The van der Waals surface area contributed by atoms with Gasteiger partial charge < -0.3 is 19.9 Å². The number of hydrogen-bond donors (Lipinski definition) is 2. The van der Waals surface area contributed by atoms with Crippen LogP contribution < -0.4 is 10.6 Å². The zero-order chi connectivity index (χ0) is 13.6. The summed E-state index contributed by atoms with van der Waals surface area (Å²) in [5.41, 5.74) is -0.462. The lowest BCUT2D eigenvalue weighted by molar-refractivity contribution is 0.0528. The number of nitrogens with one attached hydrogen (secondary N) is 2. The molecule has 1 rings (SSSR count). The third-order valence-corrected chi connectivity index (χ3v) is 2.06. The van der Waals surface area contributed by atoms with E-state index in [2.05, 4.69) is 20.8 Å². The van der Waals surface area contributed by atoms with E-state index in [9.17, 15) is 4.79 Å². The molecule has 0 aliphatic heterocycles. The SMILES string of the molecule is Cn1cnnc1CNCCNC(=O)OC(C)(C)C. The van der Waals surface area contributed by atoms with E-state index in [-0.39, 0.29) is 0 Å². The Bertz CT molecular complexity index is 383. The molecular weight excluding hydrogens is 234 g/mol. The van der Waals surface area contributed by atoms with E-state index < -0.39 is 11.7 Å². The second kappa shape index (κ2) is 6.34. The number of rotatable bonds is 5. The molecule has 7 heteroatoms. The number of amides is 1. The van der Waals surface area contributed by atoms with Gasteiger partial charge in [-0.2, -0.15) is 0 Å². The van der Waals surface area contributed by atoms with Crippen LogP contribution in [0.25, 0.3) is 0 Å². The summed E-state index contributed by atoms with van der Waals surface area (Å²) >= 11 is 0. The molecule has 18 heavy (non-hydrogen) atoms. The molecule has 0 fully saturated rings. The van der Waals surface area contributed by atoms with E-state index in [1.807, 2.05) is 32.4 Å². The van der Waals surface area contributed by atoms with Gasteiger partial charge in [-0.3, -0.25) is 0 Å². The Kier molecular flexibility index (Phi) is 5.08. The van der Waals surface area contributed by atoms with Crippen molar-refractivity contribution in [2.24, 2.45) is 7.05 Å². The lowest BCUT2D eigenvalue weighted by Crippen LogP contribution is -2.36. The first-order chi connectivity index (χ1) is 8.38. The van der Waals surface area contributed by atoms with E-state index in [1.54, 1.807) is 6.33 Å². The third kappa shape index (κ3) is 5.62. The number of hydrogen-bond acceptors (Lipinski definition) is 5. The molecule has 1 amide bonds. The standard InChI is InChI=1S/C11H21N5O2/c1-11(2,3)18-10(17)13-6-5-12-7-9-15-14-8-16(9)4/h8,12H,5-7H2,1-4H3,(H,13,17). The van der Waals surface area contributed by atoms with Gasteiger partial charge in [-0.1, -0.05) is 0 Å². The van der Waals surface area contributed by atoms with Crippen molar-refractivity contribution in [3.63, 3.8) is 0 Å². The number of carbonyl (C=O) groups is 1. The van der Waals surface area contributed by atoms with Crippen LogP contribution in [0, 0.1) is 0 Å². The Morgan fingerprint density at radius 2 is 2.17 bits per heavy atom. The number of ether oxygens (including phenoxy) is 1. The highest BCUT2D eigenvalue weighted by Gasteiger charge is 2.15. The Hall–Kier alpha value is -1.63. The van der Waals surface area contributed by atoms with Crippen LogP contribution >= 0.6 is 0 Å². The van der Waals surface area contributed by atoms with Crippen LogP contribution in [-0.4, -0.2) is 39.5 Å². The van der Waals surface area contributed by atoms with Crippen molar-refractivity contribution in [1.29, 1.82) is 0 Å². The summed E-state index contributed by atoms with van der Waals surface area (Å²) in [5.74, 6) is 0.854. The molecule has 0 aromatic carbocycles. The lowest BCUT2D eigenvalue weighted by atomic mass is 10.2. The number of carbonyl (C=O) groups excluding carboxylic acids is 1. The summed E-state index contributed by atoms with van der Waals surface area (Å²) < 4.78 is 6.95. The molecule has 0 aliphatic rings. The second-order valence-electron chi connectivity index (χ2n) is 4.96. The molecule has 0 bridgehead atoms. The summed E-state index contributed by atoms with van der Waals surface area (Å²) in [6.45, 7) is 7.27. The lowest BCUT2D eigenvalue weighted by Gasteiger charge is -2.19. The van der Waals surface area contributed by atoms with E-state index in [0.717, 1.165) is 5.82 Å². The smallest absolute Gasteiger partial charge is 0.407 e. The molecule has 0 spiro atoms. The van der Waals surface area contributed by atoms with E-state index in [0.29, 0.717) is 19.6 Å². The van der Waals surface area contributed by atoms with Crippen LogP contribution in [0.4, 0.5) is 4.79 Å². The number of aromatic nitrogens is 3. The molecule has 0 atom stereocenters. The minimum absolute atomic E-state index is 0.400. The van der Waals surface area contributed by atoms with Crippen LogP contribution in [-0.2, 0) is 18.3 Å². The average molecular weight is 255 g/mol. The highest BCUT2D eigenvalue weighted by Crippen LogP contribution is 2.05. The molecule has 0 unspecified atom stereocenters. The van der Waals surface area contributed by atoms with Gasteiger partial charge in [0.25, 0.3) is 0 Å². The predicted octanol–water partition coefficient (Wildman–Crippen LogP) is 0.429. The summed E-state index contributed by atoms with van der Waals surface area (Å²) in [6, 6.07) is 0. The van der Waals surface area contributed by atoms with Gasteiger partial charge in [0.15, 0.2) is 0 Å². The summed E-state index contributed by atoms with van der Waals surface area (Å²) in [4.78, 5) is 11.3. The van der Waals surface area contributed by atoms with E-state index in [4.69, 9.17) is 4.74 Å². The molecule has 0 radical (unpaired) electrons. The molecule has 1 aromatic heterocycles. The van der Waals surface area contributed by atoms with Crippen molar-refractivity contribution in [3.05, 3.63) is 12.2 Å². The van der Waals surface area contributed by atoms with Gasteiger partial charge in [-0.15, -0.1) is 10.2 Å². The summed E-state index contributed by atoms with van der Waals surface area (Å²) in [7, 11) is 1.88. The van der Waals surface area contributed by atoms with E-state index in [1.165, 1.54) is 0 Å². The summed E-state index contributed by atoms with van der Waals surface area (Å²) in [5, 5.41) is 13.5. The first-order valence-electron chi connectivity index (χ1n) is 5.89. The predicted molar refractivity (Wildman–Crippen MR) is 66.9 cm³/mol. The van der Waals surface area contributed by atoms with Crippen LogP contribution in [0.1, 0.15) is 26.6 Å². The molecule has 1 aromatic rings. The van der Waals surface area contributed by atoms with Crippen molar-refractivity contribution in [2.75, 3.05) is 13.1 Å². The quantitative estimate of drug-likeness (QED) is 0.746. The van der Waals surface area contributed by atoms with Crippen LogP contribution in [0.3, 0.4) is 0 Å². The van der Waals surface area contributed by atoms with Gasteiger partial charge in [0.05, 0.1) is 6.54 Å². The van der Waals surface area contributed by atoms with Crippen LogP contribution in [0.15, 0.2) is 6.33 Å². The summed E-state index contributed by atoms with van der Waals surface area (Å²) in [6.07, 6.45) is 1.25. The highest BCUT2D eigenvalue weighted by atomic mass is 16.6. The third-order valence-electron chi connectivity index (χ3n) is 2.06. The van der Waals surface area contributed by atoms with Crippen molar-refractivity contribution < 1.29 is 9.53 Å². The van der Waals surface area contributed by atoms with Crippen LogP contribution in [0.5, 0.6) is 0 Å². The van der Waals surface area contributed by atoms with Crippen LogP contribution in [0.2, 0.25) is 0 Å². The maximum absolute atomic E-state index is 11.3. The molecular formula is C11H21N5O2. The Labute approximate surface area is 107 Å². The van der Waals surface area contributed by atoms with Crippen molar-refractivity contribution in [2.45, 2.75) is 32.9 Å². The van der Waals surface area contributed by atoms with Gasteiger partial charge >= 0.3 is 6.09 Å². The topological polar surface area (TPSA) is 81.1 Å². The zero-order valence-electron chi connectivity index (χ0n) is 11.4. The van der Waals surface area contributed by atoms with E-state index >= 15 is 0 Å². The van der Waals surface area contributed by atoms with Crippen molar-refractivity contribution in [1.82, 2.24) is 25.4 Å². The Morgan fingerprint density at radius 1 is 1.44 bits per heavy atom. The molecule has 102 valence electrons. The zero-order valence-corrected chi connectivity index (χ0v) is 11.4. The Balaban J connectivity index is 2.09. The highest BCUT2D eigenvalue weighted by molar-refractivity contribution is 5.67. The maximum Gasteiger partial charge on any atom is 0.407 e. The molecule has 2 N–H and O–H groups in total. The second-order valence-corrected chi connectivity index (χ2v) is 4.96. The molecule has 1 heterocycles. The minimum Gasteiger partial charge on any atom is -0.444 e. The average Bonchev–Trinajstić information content (AvgIpc) is 2.61. The fourth-order valence-electron chi connectivity index (χ4n) is 1.23. The maximum atomic E-state index is 11.3.